The first-order valence-corrected chi connectivity index (χ1v) is 6.29. The van der Waals surface area contributed by atoms with Gasteiger partial charge in [0.1, 0.15) is 0 Å². The van der Waals surface area contributed by atoms with Crippen molar-refractivity contribution in [3.05, 3.63) is 24.2 Å². The van der Waals surface area contributed by atoms with Crippen LogP contribution in [0.4, 0.5) is 13.2 Å². The number of hydrogen-bond donors (Lipinski definition) is 0. The highest BCUT2D eigenvalue weighted by Crippen LogP contribution is 2.31. The van der Waals surface area contributed by atoms with Gasteiger partial charge in [-0.1, -0.05) is 0 Å². The Balaban J connectivity index is 1.78. The van der Waals surface area contributed by atoms with Gasteiger partial charge in [-0.2, -0.15) is 13.2 Å². The molecule has 0 atom stereocenters. The van der Waals surface area contributed by atoms with E-state index in [-0.39, 0.29) is 18.2 Å². The van der Waals surface area contributed by atoms with Crippen molar-refractivity contribution in [2.75, 3.05) is 13.1 Å². The van der Waals surface area contributed by atoms with E-state index in [0.717, 1.165) is 5.56 Å². The summed E-state index contributed by atoms with van der Waals surface area (Å²) in [5.41, 5.74) is 0.794. The fraction of sp³-hybridized carbons (Fsp3) is 0.615. The van der Waals surface area contributed by atoms with Crippen LogP contribution in [-0.4, -0.2) is 30.1 Å². The van der Waals surface area contributed by atoms with Gasteiger partial charge in [0.05, 0.1) is 18.9 Å². The Morgan fingerprint density at radius 1 is 1.37 bits per heavy atom. The van der Waals surface area contributed by atoms with E-state index in [9.17, 15) is 18.0 Å². The van der Waals surface area contributed by atoms with Crippen molar-refractivity contribution in [3.8, 4) is 0 Å². The zero-order valence-corrected chi connectivity index (χ0v) is 10.4. The lowest BCUT2D eigenvalue weighted by atomic mass is 9.93. The second-order valence-electron chi connectivity index (χ2n) is 4.95. The largest absolute Gasteiger partial charge is 0.472 e. The minimum absolute atomic E-state index is 0.0492. The SMILES string of the molecule is O=C(Cc1ccoc1)N1CCC(CC(F)(F)F)CC1. The first-order chi connectivity index (χ1) is 8.94. The quantitative estimate of drug-likeness (QED) is 0.849. The van der Waals surface area contributed by atoms with Gasteiger partial charge >= 0.3 is 6.18 Å². The topological polar surface area (TPSA) is 33.5 Å². The summed E-state index contributed by atoms with van der Waals surface area (Å²) in [5.74, 6) is -0.398. The molecule has 0 aliphatic carbocycles. The van der Waals surface area contributed by atoms with E-state index in [2.05, 4.69) is 0 Å². The zero-order valence-electron chi connectivity index (χ0n) is 10.4. The van der Waals surface area contributed by atoms with E-state index < -0.39 is 12.6 Å². The van der Waals surface area contributed by atoms with Crippen LogP contribution in [0.25, 0.3) is 0 Å². The summed E-state index contributed by atoms with van der Waals surface area (Å²) in [5, 5.41) is 0. The van der Waals surface area contributed by atoms with E-state index in [1.54, 1.807) is 11.0 Å². The van der Waals surface area contributed by atoms with Gasteiger partial charge in [-0.05, 0) is 30.4 Å². The van der Waals surface area contributed by atoms with Gasteiger partial charge in [0, 0.05) is 19.5 Å². The number of piperidine rings is 1. The molecule has 0 saturated carbocycles. The molecule has 0 unspecified atom stereocenters. The Morgan fingerprint density at radius 3 is 2.58 bits per heavy atom. The zero-order chi connectivity index (χ0) is 13.9. The third-order valence-corrected chi connectivity index (χ3v) is 3.42. The molecule has 2 rings (SSSR count). The molecule has 106 valence electrons. The highest BCUT2D eigenvalue weighted by Gasteiger charge is 2.34. The average Bonchev–Trinajstić information content (AvgIpc) is 2.80. The first kappa shape index (κ1) is 14.0. The van der Waals surface area contributed by atoms with Crippen molar-refractivity contribution in [3.63, 3.8) is 0 Å². The summed E-state index contributed by atoms with van der Waals surface area (Å²) in [6.45, 7) is 0.828. The second kappa shape index (κ2) is 5.67. The van der Waals surface area contributed by atoms with Gasteiger partial charge in [-0.3, -0.25) is 4.79 Å². The van der Waals surface area contributed by atoms with Crippen molar-refractivity contribution < 1.29 is 22.4 Å². The minimum atomic E-state index is -4.10. The molecule has 1 amide bonds. The Morgan fingerprint density at radius 2 is 2.05 bits per heavy atom. The van der Waals surface area contributed by atoms with Gasteiger partial charge in [-0.25, -0.2) is 0 Å². The lowest BCUT2D eigenvalue weighted by Crippen LogP contribution is -2.40. The number of likely N-dealkylation sites (tertiary alicyclic amines) is 1. The van der Waals surface area contributed by atoms with Crippen LogP contribution < -0.4 is 0 Å². The number of rotatable bonds is 3. The predicted octanol–water partition coefficient (Wildman–Crippen LogP) is 3.01. The van der Waals surface area contributed by atoms with E-state index in [1.807, 2.05) is 0 Å². The summed E-state index contributed by atoms with van der Waals surface area (Å²) < 4.78 is 41.6. The molecular weight excluding hydrogens is 259 g/mol. The Labute approximate surface area is 109 Å². The molecule has 0 radical (unpaired) electrons. The summed E-state index contributed by atoms with van der Waals surface area (Å²) >= 11 is 0. The summed E-state index contributed by atoms with van der Waals surface area (Å²) in [6.07, 6.45) is -0.732. The fourth-order valence-electron chi connectivity index (χ4n) is 2.39. The highest BCUT2D eigenvalue weighted by molar-refractivity contribution is 5.78. The normalized spacial score (nSPS) is 17.7. The van der Waals surface area contributed by atoms with Crippen LogP contribution in [0.2, 0.25) is 0 Å². The molecule has 0 N–H and O–H groups in total. The number of carbonyl (C=O) groups is 1. The molecule has 1 aromatic rings. The lowest BCUT2D eigenvalue weighted by Gasteiger charge is -2.32. The number of amides is 1. The predicted molar refractivity (Wildman–Crippen MR) is 62.4 cm³/mol. The summed E-state index contributed by atoms with van der Waals surface area (Å²) in [7, 11) is 0. The minimum Gasteiger partial charge on any atom is -0.472 e. The molecule has 19 heavy (non-hydrogen) atoms. The number of carbonyl (C=O) groups excluding carboxylic acids is 1. The molecule has 0 bridgehead atoms. The average molecular weight is 275 g/mol. The van der Waals surface area contributed by atoms with Crippen molar-refractivity contribution in [1.82, 2.24) is 4.90 Å². The monoisotopic (exact) mass is 275 g/mol. The van der Waals surface area contributed by atoms with Crippen LogP contribution in [0.1, 0.15) is 24.8 Å². The number of hydrogen-bond acceptors (Lipinski definition) is 2. The molecule has 3 nitrogen and oxygen atoms in total. The third-order valence-electron chi connectivity index (χ3n) is 3.42. The van der Waals surface area contributed by atoms with E-state index in [1.165, 1.54) is 12.5 Å². The van der Waals surface area contributed by atoms with Gasteiger partial charge in [-0.15, -0.1) is 0 Å². The van der Waals surface area contributed by atoms with Crippen LogP contribution in [0.3, 0.4) is 0 Å². The van der Waals surface area contributed by atoms with Crippen molar-refractivity contribution >= 4 is 5.91 Å². The Hall–Kier alpha value is -1.46. The number of nitrogens with zero attached hydrogens (tertiary/aromatic N) is 1. The molecule has 1 aliphatic heterocycles. The van der Waals surface area contributed by atoms with Crippen LogP contribution in [-0.2, 0) is 11.2 Å². The standard InChI is InChI=1S/C13H16F3NO2/c14-13(15,16)8-10-1-4-17(5-2-10)12(18)7-11-3-6-19-9-11/h3,6,9-10H,1-2,4-5,7-8H2. The van der Waals surface area contributed by atoms with Gasteiger partial charge in [0.15, 0.2) is 0 Å². The maximum atomic E-state index is 12.3. The van der Waals surface area contributed by atoms with Gasteiger partial charge in [0.2, 0.25) is 5.91 Å². The molecule has 0 spiro atoms. The smallest absolute Gasteiger partial charge is 0.389 e. The molecule has 1 fully saturated rings. The summed E-state index contributed by atoms with van der Waals surface area (Å²) in [6, 6.07) is 1.72. The molecule has 1 saturated heterocycles. The van der Waals surface area contributed by atoms with E-state index in [0.29, 0.717) is 25.9 Å². The van der Waals surface area contributed by atoms with Crippen LogP contribution >= 0.6 is 0 Å². The van der Waals surface area contributed by atoms with Gasteiger partial charge < -0.3 is 9.32 Å². The number of halogens is 3. The Kier molecular flexibility index (Phi) is 4.17. The molecule has 6 heteroatoms. The molecule has 2 heterocycles. The lowest BCUT2D eigenvalue weighted by molar-refractivity contribution is -0.149. The third kappa shape index (κ3) is 4.29. The molecule has 1 aromatic heterocycles. The summed E-state index contributed by atoms with van der Waals surface area (Å²) in [4.78, 5) is 13.6. The number of alkyl halides is 3. The first-order valence-electron chi connectivity index (χ1n) is 6.29. The maximum absolute atomic E-state index is 12.3. The van der Waals surface area contributed by atoms with Crippen LogP contribution in [0, 0.1) is 5.92 Å². The van der Waals surface area contributed by atoms with Crippen molar-refractivity contribution in [2.45, 2.75) is 31.9 Å². The fourth-order valence-corrected chi connectivity index (χ4v) is 2.39. The van der Waals surface area contributed by atoms with Crippen molar-refractivity contribution in [1.29, 1.82) is 0 Å². The van der Waals surface area contributed by atoms with E-state index >= 15 is 0 Å². The Bertz CT molecular complexity index is 406. The second-order valence-corrected chi connectivity index (χ2v) is 4.95. The van der Waals surface area contributed by atoms with Crippen LogP contribution in [0.15, 0.2) is 23.0 Å². The number of furan rings is 1. The van der Waals surface area contributed by atoms with E-state index in [4.69, 9.17) is 4.42 Å². The molecule has 1 aliphatic rings. The molecule has 0 aromatic carbocycles. The highest BCUT2D eigenvalue weighted by atomic mass is 19.4. The molecular formula is C13H16F3NO2. The van der Waals surface area contributed by atoms with Gasteiger partial charge in [0.25, 0.3) is 0 Å². The van der Waals surface area contributed by atoms with Crippen LogP contribution in [0.5, 0.6) is 0 Å². The maximum Gasteiger partial charge on any atom is 0.389 e. The van der Waals surface area contributed by atoms with Crippen molar-refractivity contribution in [2.24, 2.45) is 5.92 Å².